The number of pyridine rings is 1. The highest BCUT2D eigenvalue weighted by atomic mass is 16.2. The molecule has 0 aliphatic heterocycles. The monoisotopic (exact) mass is 405 g/mol. The van der Waals surface area contributed by atoms with Crippen LogP contribution in [0.2, 0.25) is 0 Å². The summed E-state index contributed by atoms with van der Waals surface area (Å²) in [5, 5.41) is 9.55. The lowest BCUT2D eigenvalue weighted by molar-refractivity contribution is -0.116. The third-order valence-electron chi connectivity index (χ3n) is 4.57. The minimum absolute atomic E-state index is 0.0186. The van der Waals surface area contributed by atoms with Crippen molar-refractivity contribution < 1.29 is 9.59 Å². The quantitative estimate of drug-likeness (QED) is 0.656. The van der Waals surface area contributed by atoms with Gasteiger partial charge in [0.15, 0.2) is 0 Å². The summed E-state index contributed by atoms with van der Waals surface area (Å²) in [6.07, 6.45) is 0.0186. The standard InChI is InChI=1S/C22H23N5O3/c1-14-7-8-17(13-15(14)2)24-22(30)18-9-10-21(29)27(26-18)12-11-20(28)25-19-6-4-5-16(3)23-19/h4-10,13H,11-12H2,1-3H3,(H,24,30)(H,23,25,28). The van der Waals surface area contributed by atoms with E-state index in [1.54, 1.807) is 18.2 Å². The van der Waals surface area contributed by atoms with Gasteiger partial charge in [-0.25, -0.2) is 9.67 Å². The summed E-state index contributed by atoms with van der Waals surface area (Å²) in [6, 6.07) is 13.5. The van der Waals surface area contributed by atoms with Crippen molar-refractivity contribution in [2.24, 2.45) is 0 Å². The summed E-state index contributed by atoms with van der Waals surface area (Å²) >= 11 is 0. The summed E-state index contributed by atoms with van der Waals surface area (Å²) in [4.78, 5) is 40.9. The summed E-state index contributed by atoms with van der Waals surface area (Å²) in [6.45, 7) is 5.82. The summed E-state index contributed by atoms with van der Waals surface area (Å²) in [7, 11) is 0. The van der Waals surface area contributed by atoms with Crippen molar-refractivity contribution in [2.75, 3.05) is 10.6 Å². The number of nitrogens with zero attached hydrogens (tertiary/aromatic N) is 3. The molecule has 0 aliphatic carbocycles. The van der Waals surface area contributed by atoms with Gasteiger partial charge in [-0.3, -0.25) is 14.4 Å². The predicted octanol–water partition coefficient (Wildman–Crippen LogP) is 2.84. The van der Waals surface area contributed by atoms with Gasteiger partial charge in [0.05, 0.1) is 6.54 Å². The maximum atomic E-state index is 12.5. The van der Waals surface area contributed by atoms with Crippen LogP contribution < -0.4 is 16.2 Å². The zero-order chi connectivity index (χ0) is 21.7. The Labute approximate surface area is 174 Å². The van der Waals surface area contributed by atoms with E-state index in [9.17, 15) is 14.4 Å². The topological polar surface area (TPSA) is 106 Å². The highest BCUT2D eigenvalue weighted by molar-refractivity contribution is 6.02. The van der Waals surface area contributed by atoms with E-state index in [-0.39, 0.29) is 30.1 Å². The molecule has 2 aromatic heterocycles. The first kappa shape index (κ1) is 20.9. The molecular formula is C22H23N5O3. The van der Waals surface area contributed by atoms with Crippen molar-refractivity contribution in [3.63, 3.8) is 0 Å². The van der Waals surface area contributed by atoms with Gasteiger partial charge in [-0.15, -0.1) is 0 Å². The molecule has 154 valence electrons. The van der Waals surface area contributed by atoms with Crippen LogP contribution in [0.5, 0.6) is 0 Å². The van der Waals surface area contributed by atoms with Crippen LogP contribution in [-0.4, -0.2) is 26.6 Å². The Balaban J connectivity index is 1.65. The molecule has 0 spiro atoms. The number of aromatic nitrogens is 3. The molecule has 2 amide bonds. The second-order valence-electron chi connectivity index (χ2n) is 7.00. The number of hydrogen-bond donors (Lipinski definition) is 2. The number of benzene rings is 1. The molecule has 0 aliphatic rings. The van der Waals surface area contributed by atoms with Crippen LogP contribution in [0.15, 0.2) is 53.3 Å². The van der Waals surface area contributed by atoms with Gasteiger partial charge in [-0.2, -0.15) is 5.10 Å². The van der Waals surface area contributed by atoms with Gasteiger partial charge in [0.2, 0.25) is 5.91 Å². The molecule has 1 aromatic carbocycles. The second kappa shape index (κ2) is 9.13. The molecular weight excluding hydrogens is 382 g/mol. The highest BCUT2D eigenvalue weighted by Gasteiger charge is 2.12. The van der Waals surface area contributed by atoms with Crippen LogP contribution in [0, 0.1) is 20.8 Å². The minimum atomic E-state index is -0.430. The first-order valence-electron chi connectivity index (χ1n) is 9.52. The molecule has 0 atom stereocenters. The van der Waals surface area contributed by atoms with Gasteiger partial charge in [0.25, 0.3) is 11.5 Å². The second-order valence-corrected chi connectivity index (χ2v) is 7.00. The molecule has 0 radical (unpaired) electrons. The maximum Gasteiger partial charge on any atom is 0.276 e. The third-order valence-corrected chi connectivity index (χ3v) is 4.57. The van der Waals surface area contributed by atoms with Crippen molar-refractivity contribution in [2.45, 2.75) is 33.7 Å². The Bertz CT molecular complexity index is 1150. The Morgan fingerprint density at radius 1 is 0.967 bits per heavy atom. The van der Waals surface area contributed by atoms with E-state index in [4.69, 9.17) is 0 Å². The lowest BCUT2D eigenvalue weighted by Gasteiger charge is -2.09. The average Bonchev–Trinajstić information content (AvgIpc) is 2.70. The summed E-state index contributed by atoms with van der Waals surface area (Å²) < 4.78 is 1.11. The average molecular weight is 405 g/mol. The highest BCUT2D eigenvalue weighted by Crippen LogP contribution is 2.14. The van der Waals surface area contributed by atoms with E-state index >= 15 is 0 Å². The lowest BCUT2D eigenvalue weighted by atomic mass is 10.1. The van der Waals surface area contributed by atoms with Gasteiger partial charge < -0.3 is 10.6 Å². The van der Waals surface area contributed by atoms with Crippen LogP contribution in [0.3, 0.4) is 0 Å². The molecule has 2 N–H and O–H groups in total. The molecule has 8 heteroatoms. The Hall–Kier alpha value is -3.81. The number of rotatable bonds is 6. The Kier molecular flexibility index (Phi) is 6.36. The third kappa shape index (κ3) is 5.38. The molecule has 0 saturated carbocycles. The van der Waals surface area contributed by atoms with Crippen LogP contribution >= 0.6 is 0 Å². The first-order chi connectivity index (χ1) is 14.3. The van der Waals surface area contributed by atoms with Crippen LogP contribution in [0.25, 0.3) is 0 Å². The normalized spacial score (nSPS) is 10.5. The van der Waals surface area contributed by atoms with E-state index < -0.39 is 5.91 Å². The van der Waals surface area contributed by atoms with E-state index in [1.807, 2.05) is 39.0 Å². The fourth-order valence-electron chi connectivity index (χ4n) is 2.77. The molecule has 3 rings (SSSR count). The van der Waals surface area contributed by atoms with E-state index in [1.165, 1.54) is 12.1 Å². The summed E-state index contributed by atoms with van der Waals surface area (Å²) in [5.41, 5.74) is 3.31. The van der Waals surface area contributed by atoms with Gasteiger partial charge >= 0.3 is 0 Å². The number of amides is 2. The molecule has 0 fully saturated rings. The van der Waals surface area contributed by atoms with Crippen molar-refractivity contribution in [1.29, 1.82) is 0 Å². The van der Waals surface area contributed by atoms with Gasteiger partial charge in [0, 0.05) is 23.9 Å². The fraction of sp³-hybridized carbons (Fsp3) is 0.227. The number of carbonyl (C=O) groups is 2. The van der Waals surface area contributed by atoms with E-state index in [0.717, 1.165) is 21.5 Å². The number of carbonyl (C=O) groups excluding carboxylic acids is 2. The number of aryl methyl sites for hydroxylation is 4. The Morgan fingerprint density at radius 3 is 2.50 bits per heavy atom. The fourth-order valence-corrected chi connectivity index (χ4v) is 2.77. The number of nitrogens with one attached hydrogen (secondary N) is 2. The molecule has 0 bridgehead atoms. The summed E-state index contributed by atoms with van der Waals surface area (Å²) in [5.74, 6) is -0.283. The van der Waals surface area contributed by atoms with Gasteiger partial charge in [0.1, 0.15) is 11.5 Å². The smallest absolute Gasteiger partial charge is 0.276 e. The zero-order valence-electron chi connectivity index (χ0n) is 17.1. The van der Waals surface area contributed by atoms with Gasteiger partial charge in [-0.1, -0.05) is 12.1 Å². The van der Waals surface area contributed by atoms with Crippen molar-refractivity contribution >= 4 is 23.3 Å². The van der Waals surface area contributed by atoms with Gasteiger partial charge in [-0.05, 0) is 62.2 Å². The molecule has 30 heavy (non-hydrogen) atoms. The minimum Gasteiger partial charge on any atom is -0.321 e. The number of hydrogen-bond acceptors (Lipinski definition) is 5. The van der Waals surface area contributed by atoms with Crippen molar-refractivity contribution in [3.05, 3.63) is 81.4 Å². The predicted molar refractivity (Wildman–Crippen MR) is 115 cm³/mol. The van der Waals surface area contributed by atoms with E-state index in [2.05, 4.69) is 20.7 Å². The van der Waals surface area contributed by atoms with Crippen LogP contribution in [-0.2, 0) is 11.3 Å². The van der Waals surface area contributed by atoms with E-state index in [0.29, 0.717) is 11.5 Å². The van der Waals surface area contributed by atoms with Crippen molar-refractivity contribution in [1.82, 2.24) is 14.8 Å². The SMILES string of the molecule is Cc1cccc(NC(=O)CCn2nc(C(=O)Nc3ccc(C)c(C)c3)ccc2=O)n1. The largest absolute Gasteiger partial charge is 0.321 e. The zero-order valence-corrected chi connectivity index (χ0v) is 17.1. The first-order valence-corrected chi connectivity index (χ1v) is 9.52. The molecule has 0 saturated heterocycles. The number of anilines is 2. The van der Waals surface area contributed by atoms with Crippen molar-refractivity contribution in [3.8, 4) is 0 Å². The molecule has 3 aromatic rings. The lowest BCUT2D eigenvalue weighted by Crippen LogP contribution is -2.28. The maximum absolute atomic E-state index is 12.5. The van der Waals surface area contributed by atoms with Crippen LogP contribution in [0.1, 0.15) is 33.7 Å². The molecule has 0 unspecified atom stereocenters. The Morgan fingerprint density at radius 2 is 1.77 bits per heavy atom. The molecule has 8 nitrogen and oxygen atoms in total. The molecule has 2 heterocycles. The van der Waals surface area contributed by atoms with Crippen LogP contribution in [0.4, 0.5) is 11.5 Å².